The summed E-state index contributed by atoms with van der Waals surface area (Å²) in [4.78, 5) is 12.2. The van der Waals surface area contributed by atoms with E-state index in [0.29, 0.717) is 11.5 Å². The first-order valence-corrected chi connectivity index (χ1v) is 7.33. The molecular weight excluding hydrogens is 311 g/mol. The van der Waals surface area contributed by atoms with Gasteiger partial charge in [-0.25, -0.2) is 0 Å². The van der Waals surface area contributed by atoms with Crippen molar-refractivity contribution in [1.29, 1.82) is 0 Å². The molecule has 2 aromatic rings. The van der Waals surface area contributed by atoms with Gasteiger partial charge < -0.3 is 9.73 Å². The van der Waals surface area contributed by atoms with Crippen LogP contribution in [0.5, 0.6) is 0 Å². The van der Waals surface area contributed by atoms with E-state index in [9.17, 15) is 18.0 Å². The Morgan fingerprint density at radius 1 is 1.52 bits per heavy atom. The Hall–Kier alpha value is -2.25. The molecule has 1 atom stereocenters. The molecule has 23 heavy (non-hydrogen) atoms. The molecule has 2 aromatic heterocycles. The summed E-state index contributed by atoms with van der Waals surface area (Å²) in [5.74, 6) is 0.225. The third kappa shape index (κ3) is 3.40. The van der Waals surface area contributed by atoms with Crippen molar-refractivity contribution in [1.82, 2.24) is 15.1 Å². The van der Waals surface area contributed by atoms with Gasteiger partial charge in [-0.05, 0) is 38.0 Å². The average molecular weight is 327 g/mol. The second-order valence-electron chi connectivity index (χ2n) is 5.64. The number of halogens is 3. The fourth-order valence-corrected chi connectivity index (χ4v) is 2.39. The molecule has 8 heteroatoms. The molecule has 124 valence electrons. The monoisotopic (exact) mass is 327 g/mol. The highest BCUT2D eigenvalue weighted by atomic mass is 19.4. The van der Waals surface area contributed by atoms with Crippen molar-refractivity contribution in [2.75, 3.05) is 0 Å². The molecule has 0 aliphatic heterocycles. The van der Waals surface area contributed by atoms with E-state index in [2.05, 4.69) is 10.4 Å². The van der Waals surface area contributed by atoms with Crippen LogP contribution in [0.15, 0.2) is 28.9 Å². The van der Waals surface area contributed by atoms with Gasteiger partial charge in [0.1, 0.15) is 11.8 Å². The smallest absolute Gasteiger partial charge is 0.435 e. The SMILES string of the molecule is CC(C(=O)NCc1ccco1)n1nc(C(F)(F)F)cc1C1CC1. The van der Waals surface area contributed by atoms with Gasteiger partial charge in [0.25, 0.3) is 0 Å². The van der Waals surface area contributed by atoms with Gasteiger partial charge in [0.2, 0.25) is 5.91 Å². The second-order valence-corrected chi connectivity index (χ2v) is 5.64. The van der Waals surface area contributed by atoms with E-state index in [1.165, 1.54) is 17.9 Å². The summed E-state index contributed by atoms with van der Waals surface area (Å²) >= 11 is 0. The quantitative estimate of drug-likeness (QED) is 0.917. The van der Waals surface area contributed by atoms with Crippen LogP contribution in [0.1, 0.15) is 48.9 Å². The Morgan fingerprint density at radius 3 is 2.83 bits per heavy atom. The summed E-state index contributed by atoms with van der Waals surface area (Å²) in [5, 5.41) is 6.26. The highest BCUT2D eigenvalue weighted by Crippen LogP contribution is 2.42. The van der Waals surface area contributed by atoms with Crippen LogP contribution in [0.3, 0.4) is 0 Å². The largest absolute Gasteiger partial charge is 0.467 e. The van der Waals surface area contributed by atoms with E-state index < -0.39 is 23.8 Å². The summed E-state index contributed by atoms with van der Waals surface area (Å²) in [5.41, 5.74) is -0.483. The van der Waals surface area contributed by atoms with Gasteiger partial charge in [0.15, 0.2) is 5.69 Å². The first-order valence-electron chi connectivity index (χ1n) is 7.33. The molecule has 1 N–H and O–H groups in total. The third-order valence-corrected chi connectivity index (χ3v) is 3.81. The van der Waals surface area contributed by atoms with E-state index in [1.54, 1.807) is 12.1 Å². The van der Waals surface area contributed by atoms with Crippen LogP contribution >= 0.6 is 0 Å². The maximum atomic E-state index is 12.9. The van der Waals surface area contributed by atoms with Crippen LogP contribution in [0.4, 0.5) is 13.2 Å². The van der Waals surface area contributed by atoms with E-state index in [-0.39, 0.29) is 12.5 Å². The summed E-state index contributed by atoms with van der Waals surface area (Å²) in [6.45, 7) is 1.72. The lowest BCUT2D eigenvalue weighted by atomic mass is 10.2. The minimum atomic E-state index is -4.51. The van der Waals surface area contributed by atoms with Gasteiger partial charge in [-0.2, -0.15) is 18.3 Å². The molecule has 3 rings (SSSR count). The average Bonchev–Trinajstić information content (AvgIpc) is 3.03. The van der Waals surface area contributed by atoms with Crippen molar-refractivity contribution in [3.05, 3.63) is 41.6 Å². The maximum Gasteiger partial charge on any atom is 0.435 e. The molecule has 1 saturated carbocycles. The van der Waals surface area contributed by atoms with Crippen molar-refractivity contribution >= 4 is 5.91 Å². The van der Waals surface area contributed by atoms with E-state index in [1.807, 2.05) is 0 Å². The fraction of sp³-hybridized carbons (Fsp3) is 0.467. The molecule has 0 saturated heterocycles. The van der Waals surface area contributed by atoms with Crippen LogP contribution in [0.25, 0.3) is 0 Å². The Labute approximate surface area is 130 Å². The van der Waals surface area contributed by atoms with Crippen LogP contribution in [0.2, 0.25) is 0 Å². The molecule has 0 radical (unpaired) electrons. The van der Waals surface area contributed by atoms with Crippen molar-refractivity contribution in [2.45, 2.75) is 44.4 Å². The number of alkyl halides is 3. The molecule has 0 bridgehead atoms. The molecule has 1 aliphatic carbocycles. The third-order valence-electron chi connectivity index (χ3n) is 3.81. The number of furan rings is 1. The highest BCUT2D eigenvalue weighted by molar-refractivity contribution is 5.79. The minimum Gasteiger partial charge on any atom is -0.467 e. The minimum absolute atomic E-state index is 0.0546. The van der Waals surface area contributed by atoms with Gasteiger partial charge in [0.05, 0.1) is 12.8 Å². The molecule has 1 aliphatic rings. The summed E-state index contributed by atoms with van der Waals surface area (Å²) in [6, 6.07) is 3.63. The molecule has 1 amide bonds. The lowest BCUT2D eigenvalue weighted by Crippen LogP contribution is -2.31. The number of nitrogens with zero attached hydrogens (tertiary/aromatic N) is 2. The van der Waals surface area contributed by atoms with Crippen LogP contribution < -0.4 is 5.32 Å². The normalized spacial score (nSPS) is 16.3. The van der Waals surface area contributed by atoms with Gasteiger partial charge in [-0.1, -0.05) is 0 Å². The molecule has 1 fully saturated rings. The van der Waals surface area contributed by atoms with E-state index >= 15 is 0 Å². The lowest BCUT2D eigenvalue weighted by Gasteiger charge is -2.15. The zero-order chi connectivity index (χ0) is 16.6. The highest BCUT2D eigenvalue weighted by Gasteiger charge is 2.39. The van der Waals surface area contributed by atoms with Gasteiger partial charge in [0, 0.05) is 11.6 Å². The molecule has 0 aromatic carbocycles. The number of rotatable bonds is 5. The van der Waals surface area contributed by atoms with Crippen LogP contribution in [-0.2, 0) is 17.5 Å². The molecule has 0 spiro atoms. The Balaban J connectivity index is 1.76. The Kier molecular flexibility index (Phi) is 3.91. The first kappa shape index (κ1) is 15.6. The molecular formula is C15H16F3N3O2. The number of amides is 1. The lowest BCUT2D eigenvalue weighted by molar-refractivity contribution is -0.142. The van der Waals surface area contributed by atoms with Crippen LogP contribution in [-0.4, -0.2) is 15.7 Å². The summed E-state index contributed by atoms with van der Waals surface area (Å²) in [6.07, 6.45) is -1.38. The number of carbonyl (C=O) groups excluding carboxylic acids is 1. The van der Waals surface area contributed by atoms with Crippen molar-refractivity contribution in [3.8, 4) is 0 Å². The first-order chi connectivity index (χ1) is 10.9. The van der Waals surface area contributed by atoms with Gasteiger partial charge >= 0.3 is 6.18 Å². The van der Waals surface area contributed by atoms with E-state index in [0.717, 1.165) is 18.9 Å². The standard InChI is InChI=1S/C15H16F3N3O2/c1-9(14(22)19-8-11-3-2-6-23-11)21-12(10-4-5-10)7-13(20-21)15(16,17)18/h2-3,6-7,9-10H,4-5,8H2,1H3,(H,19,22). The number of hydrogen-bond acceptors (Lipinski definition) is 3. The van der Waals surface area contributed by atoms with E-state index in [4.69, 9.17) is 4.42 Å². The fourth-order valence-electron chi connectivity index (χ4n) is 2.39. The van der Waals surface area contributed by atoms with Crippen molar-refractivity contribution < 1.29 is 22.4 Å². The molecule has 2 heterocycles. The number of nitrogens with one attached hydrogen (secondary N) is 1. The van der Waals surface area contributed by atoms with Crippen molar-refractivity contribution in [2.24, 2.45) is 0 Å². The predicted molar refractivity (Wildman–Crippen MR) is 74.5 cm³/mol. The molecule has 1 unspecified atom stereocenters. The zero-order valence-corrected chi connectivity index (χ0v) is 12.4. The van der Waals surface area contributed by atoms with Gasteiger partial charge in [-0.15, -0.1) is 0 Å². The predicted octanol–water partition coefficient (Wildman–Crippen LogP) is 3.25. The number of hydrogen-bond donors (Lipinski definition) is 1. The van der Waals surface area contributed by atoms with Crippen molar-refractivity contribution in [3.63, 3.8) is 0 Å². The van der Waals surface area contributed by atoms with Crippen LogP contribution in [0, 0.1) is 0 Å². The zero-order valence-electron chi connectivity index (χ0n) is 12.4. The topological polar surface area (TPSA) is 60.1 Å². The number of aromatic nitrogens is 2. The maximum absolute atomic E-state index is 12.9. The molecule has 5 nitrogen and oxygen atoms in total. The summed E-state index contributed by atoms with van der Waals surface area (Å²) < 4.78 is 44.9. The summed E-state index contributed by atoms with van der Waals surface area (Å²) in [7, 11) is 0. The van der Waals surface area contributed by atoms with Gasteiger partial charge in [-0.3, -0.25) is 9.48 Å². The Bertz CT molecular complexity index is 687. The Morgan fingerprint density at radius 2 is 2.26 bits per heavy atom. The second kappa shape index (κ2) is 5.75. The number of carbonyl (C=O) groups is 1.